The number of hydrogen-bond acceptors (Lipinski definition) is 3. The predicted molar refractivity (Wildman–Crippen MR) is 90.8 cm³/mol. The lowest BCUT2D eigenvalue weighted by molar-refractivity contribution is 0.402. The Morgan fingerprint density at radius 3 is 2.76 bits per heavy atom. The highest BCUT2D eigenvalue weighted by Crippen LogP contribution is 2.24. The van der Waals surface area contributed by atoms with Crippen molar-refractivity contribution in [2.24, 2.45) is 5.92 Å². The van der Waals surface area contributed by atoms with Crippen molar-refractivity contribution < 1.29 is 0 Å². The summed E-state index contributed by atoms with van der Waals surface area (Å²) in [6.07, 6.45) is 3.95. The molecule has 2 heterocycles. The largest absolute Gasteiger partial charge is 0.356 e. The van der Waals surface area contributed by atoms with Crippen molar-refractivity contribution in [3.63, 3.8) is 0 Å². The summed E-state index contributed by atoms with van der Waals surface area (Å²) in [5.41, 5.74) is 2.61. The Balaban J connectivity index is 2.11. The van der Waals surface area contributed by atoms with E-state index in [4.69, 9.17) is 4.98 Å². The monoisotopic (exact) mass is 289 g/mol. The minimum absolute atomic E-state index is 0.149. The number of nitrogens with zero attached hydrogens (tertiary/aromatic N) is 2. The maximum absolute atomic E-state index is 4.77. The molecule has 0 bridgehead atoms. The summed E-state index contributed by atoms with van der Waals surface area (Å²) >= 11 is 0. The molecule has 21 heavy (non-hydrogen) atoms. The van der Waals surface area contributed by atoms with Gasteiger partial charge in [0.2, 0.25) is 0 Å². The van der Waals surface area contributed by atoms with Crippen molar-refractivity contribution in [3.8, 4) is 0 Å². The van der Waals surface area contributed by atoms with E-state index in [9.17, 15) is 0 Å². The average Bonchev–Trinajstić information content (AvgIpc) is 2.44. The van der Waals surface area contributed by atoms with Crippen LogP contribution in [0.5, 0.6) is 0 Å². The first-order valence-electron chi connectivity index (χ1n) is 8.35. The molecular formula is C18H31N3. The molecule has 1 aromatic heterocycles. The average molecular weight is 289 g/mol. The Kier molecular flexibility index (Phi) is 5.26. The van der Waals surface area contributed by atoms with Crippen LogP contribution in [-0.4, -0.2) is 23.6 Å². The van der Waals surface area contributed by atoms with Gasteiger partial charge in [-0.1, -0.05) is 13.3 Å². The van der Waals surface area contributed by atoms with Gasteiger partial charge in [0.25, 0.3) is 0 Å². The van der Waals surface area contributed by atoms with Crippen LogP contribution in [0.25, 0.3) is 0 Å². The SMILES string of the molecule is CCC1CCCN(c2cc(CNC(C)(C)C)cc(C)n2)C1. The molecule has 1 aromatic rings. The molecule has 1 aliphatic rings. The molecule has 0 amide bonds. The van der Waals surface area contributed by atoms with E-state index in [2.05, 4.69) is 57.0 Å². The van der Waals surface area contributed by atoms with E-state index >= 15 is 0 Å². The van der Waals surface area contributed by atoms with E-state index in [0.29, 0.717) is 0 Å². The third-order valence-electron chi connectivity index (χ3n) is 4.24. The van der Waals surface area contributed by atoms with Crippen molar-refractivity contribution in [1.29, 1.82) is 0 Å². The summed E-state index contributed by atoms with van der Waals surface area (Å²) < 4.78 is 0. The van der Waals surface area contributed by atoms with Crippen LogP contribution in [0.15, 0.2) is 12.1 Å². The first-order valence-corrected chi connectivity index (χ1v) is 8.35. The summed E-state index contributed by atoms with van der Waals surface area (Å²) in [4.78, 5) is 7.25. The van der Waals surface area contributed by atoms with Crippen molar-refractivity contribution in [2.75, 3.05) is 18.0 Å². The molecule has 0 spiro atoms. The zero-order chi connectivity index (χ0) is 15.5. The Hall–Kier alpha value is -1.09. The number of anilines is 1. The fourth-order valence-electron chi connectivity index (χ4n) is 2.96. The quantitative estimate of drug-likeness (QED) is 0.911. The van der Waals surface area contributed by atoms with Crippen molar-refractivity contribution >= 4 is 5.82 Å². The number of nitrogens with one attached hydrogen (secondary N) is 1. The normalized spacial score (nSPS) is 19.9. The number of piperidine rings is 1. The Bertz CT molecular complexity index is 462. The van der Waals surface area contributed by atoms with Crippen LogP contribution in [0.4, 0.5) is 5.82 Å². The Morgan fingerprint density at radius 2 is 2.10 bits per heavy atom. The van der Waals surface area contributed by atoms with Gasteiger partial charge in [-0.3, -0.25) is 0 Å². The fraction of sp³-hybridized carbons (Fsp3) is 0.722. The summed E-state index contributed by atoms with van der Waals surface area (Å²) in [6, 6.07) is 4.47. The van der Waals surface area contributed by atoms with Gasteiger partial charge in [0, 0.05) is 30.9 Å². The number of aryl methyl sites for hydroxylation is 1. The lowest BCUT2D eigenvalue weighted by Gasteiger charge is -2.33. The summed E-state index contributed by atoms with van der Waals surface area (Å²) in [7, 11) is 0. The molecule has 3 nitrogen and oxygen atoms in total. The van der Waals surface area contributed by atoms with E-state index in [-0.39, 0.29) is 5.54 Å². The third-order valence-corrected chi connectivity index (χ3v) is 4.24. The van der Waals surface area contributed by atoms with Crippen LogP contribution in [0.2, 0.25) is 0 Å². The molecule has 2 rings (SSSR count). The minimum atomic E-state index is 0.149. The van der Waals surface area contributed by atoms with Gasteiger partial charge in [0.05, 0.1) is 0 Å². The minimum Gasteiger partial charge on any atom is -0.356 e. The number of hydrogen-bond donors (Lipinski definition) is 1. The lowest BCUT2D eigenvalue weighted by atomic mass is 9.95. The van der Waals surface area contributed by atoms with Gasteiger partial charge in [-0.2, -0.15) is 0 Å². The van der Waals surface area contributed by atoms with Gasteiger partial charge in [-0.25, -0.2) is 4.98 Å². The first-order chi connectivity index (χ1) is 9.87. The Labute approximate surface area is 130 Å². The summed E-state index contributed by atoms with van der Waals surface area (Å²) in [6.45, 7) is 14.3. The van der Waals surface area contributed by atoms with Gasteiger partial charge in [-0.05, 0) is 64.2 Å². The Morgan fingerprint density at radius 1 is 1.33 bits per heavy atom. The zero-order valence-electron chi connectivity index (χ0n) is 14.4. The zero-order valence-corrected chi connectivity index (χ0v) is 14.4. The fourth-order valence-corrected chi connectivity index (χ4v) is 2.96. The van der Waals surface area contributed by atoms with Gasteiger partial charge in [0.1, 0.15) is 5.82 Å². The van der Waals surface area contributed by atoms with E-state index in [1.165, 1.54) is 37.2 Å². The number of rotatable bonds is 4. The molecule has 0 aliphatic carbocycles. The second-order valence-electron chi connectivity index (χ2n) is 7.44. The molecule has 3 heteroatoms. The topological polar surface area (TPSA) is 28.2 Å². The summed E-state index contributed by atoms with van der Waals surface area (Å²) in [5, 5.41) is 3.57. The van der Waals surface area contributed by atoms with E-state index in [1.54, 1.807) is 0 Å². The maximum Gasteiger partial charge on any atom is 0.129 e. The molecule has 1 fully saturated rings. The first kappa shape index (κ1) is 16.3. The molecule has 0 aromatic carbocycles. The molecule has 1 saturated heterocycles. The van der Waals surface area contributed by atoms with Gasteiger partial charge >= 0.3 is 0 Å². The molecule has 1 atom stereocenters. The predicted octanol–water partition coefficient (Wildman–Crippen LogP) is 3.90. The van der Waals surface area contributed by atoms with Crippen molar-refractivity contribution in [2.45, 2.75) is 66.0 Å². The highest BCUT2D eigenvalue weighted by atomic mass is 15.2. The molecule has 118 valence electrons. The molecular weight excluding hydrogens is 258 g/mol. The lowest BCUT2D eigenvalue weighted by Crippen LogP contribution is -2.36. The highest BCUT2D eigenvalue weighted by molar-refractivity contribution is 5.43. The van der Waals surface area contributed by atoms with Crippen LogP contribution in [0.1, 0.15) is 58.2 Å². The maximum atomic E-state index is 4.77. The molecule has 0 saturated carbocycles. The van der Waals surface area contributed by atoms with Gasteiger partial charge < -0.3 is 10.2 Å². The smallest absolute Gasteiger partial charge is 0.129 e. The van der Waals surface area contributed by atoms with Crippen LogP contribution >= 0.6 is 0 Å². The molecule has 0 radical (unpaired) electrons. The van der Waals surface area contributed by atoms with Crippen LogP contribution < -0.4 is 10.2 Å². The van der Waals surface area contributed by atoms with Crippen molar-refractivity contribution in [3.05, 3.63) is 23.4 Å². The van der Waals surface area contributed by atoms with Crippen LogP contribution in [-0.2, 0) is 6.54 Å². The molecule has 1 aliphatic heterocycles. The highest BCUT2D eigenvalue weighted by Gasteiger charge is 2.20. The molecule has 1 N–H and O–H groups in total. The standard InChI is InChI=1S/C18H31N3/c1-6-15-8-7-9-21(13-15)17-11-16(10-14(2)20-17)12-19-18(3,4)5/h10-11,15,19H,6-9,12-13H2,1-5H3. The van der Waals surface area contributed by atoms with Gasteiger partial charge in [-0.15, -0.1) is 0 Å². The van der Waals surface area contributed by atoms with Gasteiger partial charge in [0.15, 0.2) is 0 Å². The summed E-state index contributed by atoms with van der Waals surface area (Å²) in [5.74, 6) is 2.00. The van der Waals surface area contributed by atoms with E-state index in [1.807, 2.05) is 0 Å². The number of pyridine rings is 1. The van der Waals surface area contributed by atoms with Crippen LogP contribution in [0.3, 0.4) is 0 Å². The second-order valence-corrected chi connectivity index (χ2v) is 7.44. The van der Waals surface area contributed by atoms with E-state index < -0.39 is 0 Å². The molecule has 1 unspecified atom stereocenters. The third kappa shape index (κ3) is 4.99. The van der Waals surface area contributed by atoms with Crippen molar-refractivity contribution in [1.82, 2.24) is 10.3 Å². The number of aromatic nitrogens is 1. The second kappa shape index (κ2) is 6.78. The van der Waals surface area contributed by atoms with E-state index in [0.717, 1.165) is 24.7 Å². The van der Waals surface area contributed by atoms with Crippen LogP contribution in [0, 0.1) is 12.8 Å².